The Hall–Kier alpha value is -2.03. The maximum atomic E-state index is 9.28. The SMILES string of the molecule is Oc1cn2c(ccc3ccccc32)n1. The Balaban J connectivity index is 2.60. The fourth-order valence-electron chi connectivity index (χ4n) is 1.70. The summed E-state index contributed by atoms with van der Waals surface area (Å²) in [6, 6.07) is 11.9. The van der Waals surface area contributed by atoms with Crippen LogP contribution in [-0.4, -0.2) is 14.5 Å². The molecular weight excluding hydrogens is 176 g/mol. The number of aromatic hydroxyl groups is 1. The first-order chi connectivity index (χ1) is 6.84. The Bertz CT molecular complexity index is 613. The van der Waals surface area contributed by atoms with Crippen LogP contribution in [0.25, 0.3) is 16.6 Å². The summed E-state index contributed by atoms with van der Waals surface area (Å²) < 4.78 is 1.88. The summed E-state index contributed by atoms with van der Waals surface area (Å²) >= 11 is 0. The maximum absolute atomic E-state index is 9.28. The van der Waals surface area contributed by atoms with Crippen LogP contribution in [0, 0.1) is 0 Å². The number of hydrogen-bond acceptors (Lipinski definition) is 2. The highest BCUT2D eigenvalue weighted by molar-refractivity contribution is 5.82. The molecule has 3 heteroatoms. The van der Waals surface area contributed by atoms with Crippen molar-refractivity contribution in [1.82, 2.24) is 9.38 Å². The van der Waals surface area contributed by atoms with Crippen molar-refractivity contribution in [2.75, 3.05) is 0 Å². The van der Waals surface area contributed by atoms with Crippen molar-refractivity contribution in [1.29, 1.82) is 0 Å². The van der Waals surface area contributed by atoms with Gasteiger partial charge in [-0.2, -0.15) is 4.98 Å². The summed E-state index contributed by atoms with van der Waals surface area (Å²) in [5.74, 6) is 0.0568. The molecule has 0 unspecified atom stereocenters. The molecule has 0 spiro atoms. The molecule has 0 radical (unpaired) electrons. The quantitative estimate of drug-likeness (QED) is 0.581. The molecule has 0 amide bonds. The number of imidazole rings is 1. The van der Waals surface area contributed by atoms with Gasteiger partial charge in [-0.05, 0) is 23.6 Å². The van der Waals surface area contributed by atoms with Gasteiger partial charge in [-0.1, -0.05) is 18.2 Å². The Morgan fingerprint density at radius 3 is 2.86 bits per heavy atom. The van der Waals surface area contributed by atoms with E-state index in [1.54, 1.807) is 6.20 Å². The van der Waals surface area contributed by atoms with Gasteiger partial charge in [0.25, 0.3) is 0 Å². The summed E-state index contributed by atoms with van der Waals surface area (Å²) in [5.41, 5.74) is 1.82. The van der Waals surface area contributed by atoms with E-state index in [9.17, 15) is 5.11 Å². The second-order valence-electron chi connectivity index (χ2n) is 3.22. The highest BCUT2D eigenvalue weighted by atomic mass is 16.3. The van der Waals surface area contributed by atoms with Crippen molar-refractivity contribution in [2.24, 2.45) is 0 Å². The summed E-state index contributed by atoms with van der Waals surface area (Å²) in [6.45, 7) is 0. The fourth-order valence-corrected chi connectivity index (χ4v) is 1.70. The highest BCUT2D eigenvalue weighted by Gasteiger charge is 2.02. The second-order valence-corrected chi connectivity index (χ2v) is 3.22. The molecular formula is C11H8N2O. The third-order valence-corrected chi connectivity index (χ3v) is 2.33. The van der Waals surface area contributed by atoms with Crippen molar-refractivity contribution in [3.8, 4) is 5.88 Å². The molecule has 3 aromatic rings. The van der Waals surface area contributed by atoms with Gasteiger partial charge in [-0.15, -0.1) is 0 Å². The molecule has 0 saturated carbocycles. The van der Waals surface area contributed by atoms with E-state index in [4.69, 9.17) is 0 Å². The van der Waals surface area contributed by atoms with Gasteiger partial charge in [0.2, 0.25) is 5.88 Å². The number of para-hydroxylation sites is 1. The average molecular weight is 184 g/mol. The first kappa shape index (κ1) is 7.38. The molecule has 0 saturated heterocycles. The predicted molar refractivity (Wildman–Crippen MR) is 54.4 cm³/mol. The minimum atomic E-state index is 0.0568. The maximum Gasteiger partial charge on any atom is 0.230 e. The summed E-state index contributed by atoms with van der Waals surface area (Å²) in [5, 5.41) is 10.4. The molecule has 14 heavy (non-hydrogen) atoms. The second kappa shape index (κ2) is 2.48. The zero-order valence-electron chi connectivity index (χ0n) is 7.38. The summed E-state index contributed by atoms with van der Waals surface area (Å²) in [6.07, 6.45) is 1.62. The van der Waals surface area contributed by atoms with Crippen molar-refractivity contribution in [3.63, 3.8) is 0 Å². The molecule has 1 aromatic carbocycles. The zero-order valence-corrected chi connectivity index (χ0v) is 7.38. The van der Waals surface area contributed by atoms with Crippen LogP contribution in [0.3, 0.4) is 0 Å². The van der Waals surface area contributed by atoms with Gasteiger partial charge in [0.05, 0.1) is 11.7 Å². The Labute approximate surface area is 80.2 Å². The topological polar surface area (TPSA) is 37.5 Å². The monoisotopic (exact) mass is 184 g/mol. The fraction of sp³-hybridized carbons (Fsp3) is 0. The van der Waals surface area contributed by atoms with E-state index in [0.717, 1.165) is 16.6 Å². The lowest BCUT2D eigenvalue weighted by Gasteiger charge is -1.99. The first-order valence-corrected chi connectivity index (χ1v) is 4.40. The predicted octanol–water partition coefficient (Wildman–Crippen LogP) is 2.19. The van der Waals surface area contributed by atoms with Gasteiger partial charge < -0.3 is 5.11 Å². The van der Waals surface area contributed by atoms with Crippen LogP contribution in [-0.2, 0) is 0 Å². The number of rotatable bonds is 0. The standard InChI is InChI=1S/C11H8N2O/c14-11-7-13-9-4-2-1-3-8(9)5-6-10(13)12-11/h1-7,14H. The molecule has 3 rings (SSSR count). The van der Waals surface area contributed by atoms with Crippen LogP contribution in [0.5, 0.6) is 5.88 Å². The van der Waals surface area contributed by atoms with Gasteiger partial charge in [0.15, 0.2) is 0 Å². The minimum Gasteiger partial charge on any atom is -0.492 e. The van der Waals surface area contributed by atoms with Crippen LogP contribution >= 0.6 is 0 Å². The minimum absolute atomic E-state index is 0.0568. The summed E-state index contributed by atoms with van der Waals surface area (Å²) in [7, 11) is 0. The van der Waals surface area contributed by atoms with E-state index in [2.05, 4.69) is 4.98 Å². The lowest BCUT2D eigenvalue weighted by molar-refractivity contribution is 0.457. The van der Waals surface area contributed by atoms with Crippen molar-refractivity contribution < 1.29 is 5.11 Å². The van der Waals surface area contributed by atoms with Crippen molar-refractivity contribution >= 4 is 16.6 Å². The van der Waals surface area contributed by atoms with E-state index >= 15 is 0 Å². The molecule has 0 bridgehead atoms. The first-order valence-electron chi connectivity index (χ1n) is 4.40. The van der Waals surface area contributed by atoms with E-state index in [0.29, 0.717) is 0 Å². The molecule has 2 aromatic heterocycles. The van der Waals surface area contributed by atoms with E-state index in [1.165, 1.54) is 0 Å². The van der Waals surface area contributed by atoms with E-state index in [1.807, 2.05) is 40.8 Å². The number of benzene rings is 1. The summed E-state index contributed by atoms with van der Waals surface area (Å²) in [4.78, 5) is 3.98. The van der Waals surface area contributed by atoms with Crippen LogP contribution < -0.4 is 0 Å². The largest absolute Gasteiger partial charge is 0.492 e. The Kier molecular flexibility index (Phi) is 1.31. The number of aromatic nitrogens is 2. The third kappa shape index (κ3) is 0.893. The molecule has 3 nitrogen and oxygen atoms in total. The lowest BCUT2D eigenvalue weighted by atomic mass is 10.2. The number of pyridine rings is 1. The van der Waals surface area contributed by atoms with Gasteiger partial charge in [0.1, 0.15) is 5.65 Å². The number of fused-ring (bicyclic) bond motifs is 3. The van der Waals surface area contributed by atoms with Crippen LogP contribution in [0.15, 0.2) is 42.6 Å². The lowest BCUT2D eigenvalue weighted by Crippen LogP contribution is -1.85. The normalized spacial score (nSPS) is 11.1. The number of nitrogens with zero attached hydrogens (tertiary/aromatic N) is 2. The number of hydrogen-bond donors (Lipinski definition) is 1. The van der Waals surface area contributed by atoms with Crippen LogP contribution in [0.2, 0.25) is 0 Å². The molecule has 0 aliphatic heterocycles. The average Bonchev–Trinajstić information content (AvgIpc) is 2.59. The highest BCUT2D eigenvalue weighted by Crippen LogP contribution is 2.18. The van der Waals surface area contributed by atoms with Gasteiger partial charge in [-0.3, -0.25) is 4.40 Å². The molecule has 0 aliphatic rings. The Morgan fingerprint density at radius 2 is 1.93 bits per heavy atom. The molecule has 0 atom stereocenters. The molecule has 0 fully saturated rings. The molecule has 2 heterocycles. The van der Waals surface area contributed by atoms with Crippen LogP contribution in [0.4, 0.5) is 0 Å². The van der Waals surface area contributed by atoms with E-state index in [-0.39, 0.29) is 5.88 Å². The van der Waals surface area contributed by atoms with Gasteiger partial charge in [0, 0.05) is 0 Å². The van der Waals surface area contributed by atoms with E-state index < -0.39 is 0 Å². The van der Waals surface area contributed by atoms with Crippen molar-refractivity contribution in [3.05, 3.63) is 42.6 Å². The third-order valence-electron chi connectivity index (χ3n) is 2.33. The van der Waals surface area contributed by atoms with Crippen molar-refractivity contribution in [2.45, 2.75) is 0 Å². The zero-order chi connectivity index (χ0) is 9.54. The Morgan fingerprint density at radius 1 is 1.07 bits per heavy atom. The molecule has 1 N–H and O–H groups in total. The van der Waals surface area contributed by atoms with Crippen LogP contribution in [0.1, 0.15) is 0 Å². The molecule has 68 valence electrons. The smallest absolute Gasteiger partial charge is 0.230 e. The van der Waals surface area contributed by atoms with Gasteiger partial charge >= 0.3 is 0 Å². The molecule has 0 aliphatic carbocycles. The van der Waals surface area contributed by atoms with Gasteiger partial charge in [-0.25, -0.2) is 0 Å².